The average Bonchev–Trinajstić information content (AvgIpc) is 2.77. The number of hydrogen-bond acceptors (Lipinski definition) is 4. The number of aromatic nitrogens is 1. The third-order valence-electron chi connectivity index (χ3n) is 6.15. The molecule has 0 radical (unpaired) electrons. The fourth-order valence-electron chi connectivity index (χ4n) is 4.15. The van der Waals surface area contributed by atoms with E-state index >= 15 is 0 Å². The number of pyridine rings is 1. The second-order valence-corrected chi connectivity index (χ2v) is 7.73. The first-order valence-electron chi connectivity index (χ1n) is 11.0. The predicted octanol–water partition coefficient (Wildman–Crippen LogP) is 4.99. The Hall–Kier alpha value is -2.80. The third kappa shape index (κ3) is 4.67. The summed E-state index contributed by atoms with van der Waals surface area (Å²) >= 11 is 0. The van der Waals surface area contributed by atoms with Gasteiger partial charge in [-0.3, -0.25) is 4.79 Å². The van der Waals surface area contributed by atoms with Crippen molar-refractivity contribution in [2.75, 3.05) is 13.2 Å². The average molecular weight is 406 g/mol. The highest BCUT2D eigenvalue weighted by atomic mass is 16.5. The zero-order chi connectivity index (χ0) is 21.6. The lowest BCUT2D eigenvalue weighted by Crippen LogP contribution is -2.32. The molecular weight excluding hydrogens is 374 g/mol. The van der Waals surface area contributed by atoms with Crippen LogP contribution < -0.4 is 4.74 Å². The Bertz CT molecular complexity index is 947. The van der Waals surface area contributed by atoms with Crippen molar-refractivity contribution in [3.05, 3.63) is 58.4 Å². The second kappa shape index (κ2) is 9.80. The molecule has 1 aromatic carbocycles. The van der Waals surface area contributed by atoms with Crippen LogP contribution in [0.5, 0.6) is 5.75 Å². The summed E-state index contributed by atoms with van der Waals surface area (Å²) in [4.78, 5) is 16.0. The van der Waals surface area contributed by atoms with E-state index in [1.807, 2.05) is 12.1 Å². The second-order valence-electron chi connectivity index (χ2n) is 7.73. The highest BCUT2D eigenvalue weighted by molar-refractivity contribution is 5.72. The maximum absolute atomic E-state index is 11.6. The number of nitrogens with zero attached hydrogens (tertiary/aromatic N) is 1. The van der Waals surface area contributed by atoms with E-state index in [2.05, 4.69) is 49.7 Å². The summed E-state index contributed by atoms with van der Waals surface area (Å²) < 4.78 is 11.0. The molecule has 0 bridgehead atoms. The minimum atomic E-state index is -0.239. The Kier molecular flexibility index (Phi) is 7.15. The fraction of sp³-hybridized carbons (Fsp3) is 0.462. The van der Waals surface area contributed by atoms with Crippen LogP contribution in [0.3, 0.4) is 0 Å². The summed E-state index contributed by atoms with van der Waals surface area (Å²) in [6, 6.07) is 8.16. The van der Waals surface area contributed by atoms with Crippen molar-refractivity contribution in [1.29, 1.82) is 0 Å². The zero-order valence-corrected chi connectivity index (χ0v) is 18.5. The SMILES string of the molecule is CCOC(=O)Cc1ccc(C#Cc2cc3c(cc2CC)OCCC3(CC)CC)nc1. The van der Waals surface area contributed by atoms with Crippen LogP contribution in [0.4, 0.5) is 0 Å². The van der Waals surface area contributed by atoms with Gasteiger partial charge in [-0.25, -0.2) is 4.98 Å². The van der Waals surface area contributed by atoms with Crippen molar-refractivity contribution in [2.45, 2.75) is 65.2 Å². The summed E-state index contributed by atoms with van der Waals surface area (Å²) in [7, 11) is 0. The molecule has 4 nitrogen and oxygen atoms in total. The Morgan fingerprint density at radius 3 is 2.60 bits per heavy atom. The van der Waals surface area contributed by atoms with Gasteiger partial charge in [0.1, 0.15) is 11.4 Å². The van der Waals surface area contributed by atoms with Crippen LogP contribution in [0.25, 0.3) is 0 Å². The van der Waals surface area contributed by atoms with Gasteiger partial charge < -0.3 is 9.47 Å². The topological polar surface area (TPSA) is 48.4 Å². The van der Waals surface area contributed by atoms with E-state index in [9.17, 15) is 4.79 Å². The molecule has 0 amide bonds. The molecule has 1 aromatic heterocycles. The van der Waals surface area contributed by atoms with Gasteiger partial charge in [0.25, 0.3) is 0 Å². The van der Waals surface area contributed by atoms with E-state index in [-0.39, 0.29) is 17.8 Å². The number of carbonyl (C=O) groups is 1. The molecule has 2 heterocycles. The minimum absolute atomic E-state index is 0.170. The van der Waals surface area contributed by atoms with E-state index < -0.39 is 0 Å². The van der Waals surface area contributed by atoms with Crippen LogP contribution in [0, 0.1) is 11.8 Å². The Labute approximate surface area is 180 Å². The van der Waals surface area contributed by atoms with Crippen molar-refractivity contribution in [3.8, 4) is 17.6 Å². The molecule has 4 heteroatoms. The lowest BCUT2D eigenvalue weighted by Gasteiger charge is -2.38. The minimum Gasteiger partial charge on any atom is -0.493 e. The molecule has 1 aliphatic heterocycles. The van der Waals surface area contributed by atoms with Crippen LogP contribution in [-0.4, -0.2) is 24.2 Å². The predicted molar refractivity (Wildman–Crippen MR) is 119 cm³/mol. The highest BCUT2D eigenvalue weighted by Crippen LogP contribution is 2.44. The smallest absolute Gasteiger partial charge is 0.310 e. The monoisotopic (exact) mass is 405 g/mol. The van der Waals surface area contributed by atoms with Crippen LogP contribution >= 0.6 is 0 Å². The molecule has 158 valence electrons. The molecule has 0 unspecified atom stereocenters. The van der Waals surface area contributed by atoms with Crippen molar-refractivity contribution in [1.82, 2.24) is 4.98 Å². The van der Waals surface area contributed by atoms with E-state index in [1.54, 1.807) is 13.1 Å². The van der Waals surface area contributed by atoms with Crippen LogP contribution in [0.1, 0.15) is 74.9 Å². The summed E-state index contributed by atoms with van der Waals surface area (Å²) in [6.07, 6.45) is 6.08. The number of benzene rings is 1. The Balaban J connectivity index is 1.89. The molecular formula is C26H31NO3. The summed E-state index contributed by atoms with van der Waals surface area (Å²) in [5.41, 5.74) is 5.22. The Morgan fingerprint density at radius 1 is 1.17 bits per heavy atom. The summed E-state index contributed by atoms with van der Waals surface area (Å²) in [6.45, 7) is 9.64. The van der Waals surface area contributed by atoms with E-state index in [4.69, 9.17) is 9.47 Å². The largest absolute Gasteiger partial charge is 0.493 e. The number of rotatable bonds is 6. The highest BCUT2D eigenvalue weighted by Gasteiger charge is 2.35. The Morgan fingerprint density at radius 2 is 1.97 bits per heavy atom. The van der Waals surface area contributed by atoms with Gasteiger partial charge in [0.15, 0.2) is 0 Å². The van der Waals surface area contributed by atoms with Crippen LogP contribution in [-0.2, 0) is 27.8 Å². The molecule has 0 fully saturated rings. The number of hydrogen-bond donors (Lipinski definition) is 0. The standard InChI is InChI=1S/C26H31NO3/c1-5-20-17-24-23(26(6-2,7-3)13-14-30-24)16-21(20)10-12-22-11-9-19(18-27-22)15-25(28)29-8-4/h9,11,16-18H,5-8,13-15H2,1-4H3. The molecule has 30 heavy (non-hydrogen) atoms. The lowest BCUT2D eigenvalue weighted by atomic mass is 9.71. The summed E-state index contributed by atoms with van der Waals surface area (Å²) in [5.74, 6) is 7.31. The van der Waals surface area contributed by atoms with Gasteiger partial charge in [-0.1, -0.05) is 32.8 Å². The van der Waals surface area contributed by atoms with Crippen LogP contribution in [0.2, 0.25) is 0 Å². The number of aryl methyl sites for hydroxylation is 1. The molecule has 3 rings (SSSR count). The number of ether oxygens (including phenoxy) is 2. The molecule has 2 aromatic rings. The van der Waals surface area contributed by atoms with Gasteiger partial charge in [-0.2, -0.15) is 0 Å². The van der Waals surface area contributed by atoms with E-state index in [0.717, 1.165) is 49.2 Å². The number of fused-ring (bicyclic) bond motifs is 1. The first-order chi connectivity index (χ1) is 14.5. The first-order valence-corrected chi connectivity index (χ1v) is 11.0. The van der Waals surface area contributed by atoms with Gasteiger partial charge in [0.05, 0.1) is 19.6 Å². The van der Waals surface area contributed by atoms with Gasteiger partial charge >= 0.3 is 5.97 Å². The lowest BCUT2D eigenvalue weighted by molar-refractivity contribution is -0.142. The molecule has 0 spiro atoms. The summed E-state index contributed by atoms with van der Waals surface area (Å²) in [5, 5.41) is 0. The molecule has 0 atom stereocenters. The molecule has 0 saturated heterocycles. The zero-order valence-electron chi connectivity index (χ0n) is 18.5. The van der Waals surface area contributed by atoms with Crippen molar-refractivity contribution in [3.63, 3.8) is 0 Å². The number of esters is 1. The maximum Gasteiger partial charge on any atom is 0.310 e. The third-order valence-corrected chi connectivity index (χ3v) is 6.15. The fourth-order valence-corrected chi connectivity index (χ4v) is 4.15. The number of carbonyl (C=O) groups excluding carboxylic acids is 1. The van der Waals surface area contributed by atoms with Crippen molar-refractivity contribution < 1.29 is 14.3 Å². The van der Waals surface area contributed by atoms with Gasteiger partial charge in [0, 0.05) is 22.7 Å². The molecule has 0 N–H and O–H groups in total. The molecule has 0 saturated carbocycles. The van der Waals surface area contributed by atoms with Gasteiger partial charge in [-0.05, 0) is 67.9 Å². The van der Waals surface area contributed by atoms with Crippen molar-refractivity contribution >= 4 is 5.97 Å². The van der Waals surface area contributed by atoms with Crippen molar-refractivity contribution in [2.24, 2.45) is 0 Å². The molecule has 1 aliphatic rings. The van der Waals surface area contributed by atoms with E-state index in [1.165, 1.54) is 11.1 Å². The van der Waals surface area contributed by atoms with E-state index in [0.29, 0.717) is 12.3 Å². The first kappa shape index (κ1) is 21.9. The quantitative estimate of drug-likeness (QED) is 0.502. The van der Waals surface area contributed by atoms with Gasteiger partial charge in [-0.15, -0.1) is 0 Å². The molecule has 0 aliphatic carbocycles. The van der Waals surface area contributed by atoms with Gasteiger partial charge in [0.2, 0.25) is 0 Å². The maximum atomic E-state index is 11.6. The van der Waals surface area contributed by atoms with Crippen LogP contribution in [0.15, 0.2) is 30.5 Å². The normalized spacial score (nSPS) is 14.1.